The molecule has 0 atom stereocenters. The highest BCUT2D eigenvalue weighted by atomic mass is 19.1. The quantitative estimate of drug-likeness (QED) is 0.177. The highest BCUT2D eigenvalue weighted by Gasteiger charge is 2.24. The van der Waals surface area contributed by atoms with Gasteiger partial charge in [0.05, 0.1) is 27.3 Å². The molecule has 0 fully saturated rings. The summed E-state index contributed by atoms with van der Waals surface area (Å²) in [7, 11) is 2.08. The number of fused-ring (bicyclic) bond motifs is 5. The largest absolute Gasteiger partial charge is 0.307 e. The SMILES string of the molecule is Cc1ccc2c3ccc(C(C)C)cc3n3c4cc(F)cc5cc[n+](C)c(c1c23)c54. The Balaban J connectivity index is 2.06. The lowest BCUT2D eigenvalue weighted by atomic mass is 9.99. The molecule has 0 amide bonds. The maximum absolute atomic E-state index is 14.7. The number of hydrogen-bond donors (Lipinski definition) is 0. The molecule has 29 heavy (non-hydrogen) atoms. The van der Waals surface area contributed by atoms with Crippen molar-refractivity contribution in [2.75, 3.05) is 0 Å². The van der Waals surface area contributed by atoms with Gasteiger partial charge in [-0.3, -0.25) is 0 Å². The van der Waals surface area contributed by atoms with E-state index < -0.39 is 0 Å². The molecule has 0 aliphatic rings. The lowest BCUT2D eigenvalue weighted by Gasteiger charge is -2.13. The van der Waals surface area contributed by atoms with E-state index in [0.29, 0.717) is 5.92 Å². The van der Waals surface area contributed by atoms with E-state index >= 15 is 0 Å². The summed E-state index contributed by atoms with van der Waals surface area (Å²) < 4.78 is 19.1. The van der Waals surface area contributed by atoms with Crippen LogP contribution in [0.4, 0.5) is 4.39 Å². The molecule has 6 rings (SSSR count). The van der Waals surface area contributed by atoms with Crippen LogP contribution < -0.4 is 4.57 Å². The Morgan fingerprint density at radius 2 is 1.69 bits per heavy atom. The molecule has 3 heteroatoms. The first-order valence-corrected chi connectivity index (χ1v) is 10.2. The Bertz CT molecular complexity index is 1600. The van der Waals surface area contributed by atoms with Crippen molar-refractivity contribution in [3.8, 4) is 0 Å². The molecule has 6 aromatic rings. The normalized spacial score (nSPS) is 12.6. The van der Waals surface area contributed by atoms with Crippen molar-refractivity contribution < 1.29 is 8.96 Å². The first-order valence-electron chi connectivity index (χ1n) is 10.2. The van der Waals surface area contributed by atoms with Crippen LogP contribution >= 0.6 is 0 Å². The van der Waals surface area contributed by atoms with Gasteiger partial charge in [0.2, 0.25) is 5.52 Å². The first kappa shape index (κ1) is 16.7. The molecule has 0 bridgehead atoms. The average Bonchev–Trinajstić information content (AvgIpc) is 3.02. The Kier molecular flexibility index (Phi) is 3.14. The Hall–Kier alpha value is -3.20. The average molecular weight is 381 g/mol. The van der Waals surface area contributed by atoms with E-state index in [0.717, 1.165) is 21.8 Å². The van der Waals surface area contributed by atoms with Gasteiger partial charge in [-0.25, -0.2) is 8.96 Å². The highest BCUT2D eigenvalue weighted by Crippen LogP contribution is 2.41. The van der Waals surface area contributed by atoms with Gasteiger partial charge in [0.1, 0.15) is 12.9 Å². The van der Waals surface area contributed by atoms with Crippen molar-refractivity contribution >= 4 is 49.0 Å². The fraction of sp³-hybridized carbons (Fsp3) is 0.192. The number of halogens is 1. The maximum atomic E-state index is 14.7. The zero-order valence-corrected chi connectivity index (χ0v) is 17.0. The summed E-state index contributed by atoms with van der Waals surface area (Å²) in [6.07, 6.45) is 2.04. The van der Waals surface area contributed by atoms with Crippen LogP contribution in [0.1, 0.15) is 30.9 Å². The van der Waals surface area contributed by atoms with Gasteiger partial charge in [-0.15, -0.1) is 0 Å². The van der Waals surface area contributed by atoms with Crippen LogP contribution in [0.3, 0.4) is 0 Å². The van der Waals surface area contributed by atoms with E-state index in [2.05, 4.69) is 67.1 Å². The van der Waals surface area contributed by atoms with Crippen LogP contribution in [-0.4, -0.2) is 4.40 Å². The number of rotatable bonds is 1. The predicted molar refractivity (Wildman–Crippen MR) is 119 cm³/mol. The standard InChI is InChI=1S/C26H22FN2/c1-14(2)16-6-8-19-20-7-5-15(3)23-25(20)29(21(19)12-16)22-13-18(27)11-17-9-10-28(4)26(23)24(17)22/h5-14H,1-4H3/q+1. The topological polar surface area (TPSA) is 8.29 Å². The van der Waals surface area contributed by atoms with Gasteiger partial charge in [0.25, 0.3) is 0 Å². The summed E-state index contributed by atoms with van der Waals surface area (Å²) in [5.74, 6) is 0.242. The molecule has 142 valence electrons. The monoisotopic (exact) mass is 381 g/mol. The van der Waals surface area contributed by atoms with Crippen molar-refractivity contribution in [1.82, 2.24) is 4.40 Å². The van der Waals surface area contributed by atoms with Gasteiger partial charge in [0, 0.05) is 16.8 Å². The Morgan fingerprint density at radius 1 is 0.897 bits per heavy atom. The van der Waals surface area contributed by atoms with Crippen LogP contribution in [0, 0.1) is 12.7 Å². The van der Waals surface area contributed by atoms with Crippen molar-refractivity contribution in [3.63, 3.8) is 0 Å². The minimum absolute atomic E-state index is 0.196. The van der Waals surface area contributed by atoms with Crippen molar-refractivity contribution in [2.24, 2.45) is 7.05 Å². The number of benzene rings is 3. The van der Waals surface area contributed by atoms with Gasteiger partial charge >= 0.3 is 0 Å². The lowest BCUT2D eigenvalue weighted by molar-refractivity contribution is -0.643. The fourth-order valence-electron chi connectivity index (χ4n) is 5.05. The third-order valence-electron chi connectivity index (χ3n) is 6.49. The number of pyridine rings is 2. The molecule has 3 aromatic carbocycles. The van der Waals surface area contributed by atoms with Gasteiger partial charge in [-0.2, -0.15) is 0 Å². The second-order valence-electron chi connectivity index (χ2n) is 8.58. The minimum atomic E-state index is -0.196. The van der Waals surface area contributed by atoms with Crippen molar-refractivity contribution in [3.05, 3.63) is 71.7 Å². The second kappa shape index (κ2) is 5.44. The third kappa shape index (κ3) is 2.02. The summed E-state index contributed by atoms with van der Waals surface area (Å²) >= 11 is 0. The van der Waals surface area contributed by atoms with Gasteiger partial charge < -0.3 is 4.40 Å². The number of aryl methyl sites for hydroxylation is 2. The van der Waals surface area contributed by atoms with Gasteiger partial charge in [-0.05, 0) is 47.6 Å². The molecule has 0 unspecified atom stereocenters. The van der Waals surface area contributed by atoms with Crippen LogP contribution in [0.5, 0.6) is 0 Å². The third-order valence-corrected chi connectivity index (χ3v) is 6.49. The summed E-state index contributed by atoms with van der Waals surface area (Å²) in [4.78, 5) is 0. The summed E-state index contributed by atoms with van der Waals surface area (Å²) in [5.41, 5.74) is 6.98. The van der Waals surface area contributed by atoms with E-state index in [-0.39, 0.29) is 5.82 Å². The molecule has 0 spiro atoms. The second-order valence-corrected chi connectivity index (χ2v) is 8.58. The van der Waals surface area contributed by atoms with Crippen molar-refractivity contribution in [2.45, 2.75) is 26.7 Å². The number of hydrogen-bond acceptors (Lipinski definition) is 0. The molecule has 0 N–H and O–H groups in total. The molecule has 0 radical (unpaired) electrons. The van der Waals surface area contributed by atoms with E-state index in [9.17, 15) is 4.39 Å². The van der Waals surface area contributed by atoms with E-state index in [1.807, 2.05) is 12.3 Å². The van der Waals surface area contributed by atoms with Crippen LogP contribution in [0.25, 0.3) is 49.0 Å². The summed E-state index contributed by atoms with van der Waals surface area (Å²) in [5, 5.41) is 5.75. The zero-order chi connectivity index (χ0) is 20.0. The lowest BCUT2D eigenvalue weighted by Crippen LogP contribution is -2.28. The van der Waals surface area contributed by atoms with Crippen LogP contribution in [-0.2, 0) is 7.05 Å². The molecule has 0 aliphatic heterocycles. The molecular weight excluding hydrogens is 359 g/mol. The highest BCUT2D eigenvalue weighted by molar-refractivity contribution is 6.25. The summed E-state index contributed by atoms with van der Waals surface area (Å²) in [6.45, 7) is 6.60. The molecule has 0 saturated carbocycles. The number of nitrogens with zero attached hydrogens (tertiary/aromatic N) is 2. The fourth-order valence-corrected chi connectivity index (χ4v) is 5.05. The Morgan fingerprint density at radius 3 is 2.48 bits per heavy atom. The first-order chi connectivity index (χ1) is 14.0. The van der Waals surface area contributed by atoms with Crippen LogP contribution in [0.15, 0.2) is 54.7 Å². The Labute approximate surface area is 168 Å². The predicted octanol–water partition coefficient (Wildman–Crippen LogP) is 6.39. The smallest absolute Gasteiger partial charge is 0.224 e. The van der Waals surface area contributed by atoms with Gasteiger partial charge in [0.15, 0.2) is 6.20 Å². The molecule has 0 aliphatic carbocycles. The van der Waals surface area contributed by atoms with Crippen molar-refractivity contribution in [1.29, 1.82) is 0 Å². The number of aromatic nitrogens is 2. The molecule has 3 heterocycles. The van der Waals surface area contributed by atoms with Gasteiger partial charge in [-0.1, -0.05) is 38.1 Å². The van der Waals surface area contributed by atoms with E-state index in [4.69, 9.17) is 0 Å². The molecular formula is C26H22FN2+. The maximum Gasteiger partial charge on any atom is 0.224 e. The zero-order valence-electron chi connectivity index (χ0n) is 17.0. The molecule has 0 saturated heterocycles. The van der Waals surface area contributed by atoms with E-state index in [1.165, 1.54) is 38.3 Å². The molecule has 3 aromatic heterocycles. The minimum Gasteiger partial charge on any atom is -0.307 e. The summed E-state index contributed by atoms with van der Waals surface area (Å²) in [6, 6.07) is 16.5. The van der Waals surface area contributed by atoms with E-state index in [1.54, 1.807) is 12.1 Å². The van der Waals surface area contributed by atoms with Crippen LogP contribution in [0.2, 0.25) is 0 Å². The molecule has 2 nitrogen and oxygen atoms in total.